The zero-order chi connectivity index (χ0) is 24.9. The average Bonchev–Trinajstić information content (AvgIpc) is 3.12. The number of aliphatic hydroxyl groups is 1. The first kappa shape index (κ1) is 24.8. The van der Waals surface area contributed by atoms with Gasteiger partial charge >= 0.3 is 0 Å². The van der Waals surface area contributed by atoms with Gasteiger partial charge in [-0.15, -0.1) is 0 Å². The first-order chi connectivity index (χ1) is 16.8. The van der Waals surface area contributed by atoms with E-state index < -0.39 is 17.7 Å². The molecule has 2 N–H and O–H groups in total. The fraction of sp³-hybridized carbons (Fsp3) is 0.407. The molecule has 2 saturated heterocycles. The smallest absolute Gasteiger partial charge is 0.295 e. The van der Waals surface area contributed by atoms with Crippen molar-refractivity contribution in [3.8, 4) is 11.5 Å². The molecule has 1 unspecified atom stereocenters. The lowest BCUT2D eigenvalue weighted by Crippen LogP contribution is -2.42. The molecule has 0 aliphatic carbocycles. The third-order valence-corrected chi connectivity index (χ3v) is 6.22. The number of amides is 1. The van der Waals surface area contributed by atoms with Crippen molar-refractivity contribution in [1.29, 1.82) is 0 Å². The number of likely N-dealkylation sites (tertiary alicyclic amines) is 1. The molecule has 2 heterocycles. The first-order valence-corrected chi connectivity index (χ1v) is 12.0. The molecular weight excluding hydrogens is 448 g/mol. The van der Waals surface area contributed by atoms with Crippen LogP contribution < -0.4 is 4.74 Å². The van der Waals surface area contributed by atoms with Crippen LogP contribution >= 0.6 is 0 Å². The summed E-state index contributed by atoms with van der Waals surface area (Å²) in [7, 11) is 0. The summed E-state index contributed by atoms with van der Waals surface area (Å²) in [4.78, 5) is 30.0. The molecule has 0 bridgehead atoms. The summed E-state index contributed by atoms with van der Waals surface area (Å²) in [5, 5.41) is 21.0. The Morgan fingerprint density at radius 2 is 1.69 bits per heavy atom. The highest BCUT2D eigenvalue weighted by molar-refractivity contribution is 6.46. The van der Waals surface area contributed by atoms with Crippen molar-refractivity contribution < 1.29 is 29.3 Å². The van der Waals surface area contributed by atoms with Crippen molar-refractivity contribution in [3.63, 3.8) is 0 Å². The molecule has 1 atom stereocenters. The second-order valence-electron chi connectivity index (χ2n) is 9.27. The average molecular weight is 481 g/mol. The van der Waals surface area contributed by atoms with Crippen LogP contribution in [-0.2, 0) is 14.3 Å². The quantitative estimate of drug-likeness (QED) is 0.340. The van der Waals surface area contributed by atoms with Gasteiger partial charge in [-0.05, 0) is 47.9 Å². The number of nitrogens with zero attached hydrogens (tertiary/aromatic N) is 2. The van der Waals surface area contributed by atoms with Gasteiger partial charge in [0, 0.05) is 31.7 Å². The Bertz CT molecular complexity index is 1070. The van der Waals surface area contributed by atoms with E-state index in [1.807, 2.05) is 0 Å². The highest BCUT2D eigenvalue weighted by atomic mass is 16.5. The van der Waals surface area contributed by atoms with E-state index in [1.54, 1.807) is 36.4 Å². The van der Waals surface area contributed by atoms with Gasteiger partial charge in [0.05, 0.1) is 31.4 Å². The van der Waals surface area contributed by atoms with Crippen LogP contribution in [-0.4, -0.2) is 77.7 Å². The molecule has 0 spiro atoms. The van der Waals surface area contributed by atoms with Crippen LogP contribution in [0.25, 0.3) is 5.76 Å². The van der Waals surface area contributed by atoms with Crippen molar-refractivity contribution >= 4 is 17.4 Å². The monoisotopic (exact) mass is 480 g/mol. The predicted molar refractivity (Wildman–Crippen MR) is 131 cm³/mol. The van der Waals surface area contributed by atoms with Gasteiger partial charge in [-0.3, -0.25) is 14.5 Å². The van der Waals surface area contributed by atoms with Gasteiger partial charge in [0.15, 0.2) is 0 Å². The minimum Gasteiger partial charge on any atom is -0.508 e. The van der Waals surface area contributed by atoms with E-state index in [0.29, 0.717) is 55.7 Å². The normalized spacial score (nSPS) is 20.5. The van der Waals surface area contributed by atoms with Crippen LogP contribution in [0.1, 0.15) is 31.0 Å². The van der Waals surface area contributed by atoms with Crippen LogP contribution in [0, 0.1) is 5.92 Å². The van der Waals surface area contributed by atoms with Gasteiger partial charge < -0.3 is 24.6 Å². The minimum atomic E-state index is -0.756. The van der Waals surface area contributed by atoms with E-state index in [9.17, 15) is 19.8 Å². The molecule has 0 aromatic heterocycles. The summed E-state index contributed by atoms with van der Waals surface area (Å²) < 4.78 is 11.1. The number of phenols is 1. The lowest BCUT2D eigenvalue weighted by atomic mass is 9.95. The molecule has 4 rings (SSSR count). The van der Waals surface area contributed by atoms with Gasteiger partial charge in [-0.25, -0.2) is 0 Å². The zero-order valence-electron chi connectivity index (χ0n) is 20.1. The molecular formula is C27H32N2O6. The van der Waals surface area contributed by atoms with E-state index >= 15 is 0 Å². The predicted octanol–water partition coefficient (Wildman–Crippen LogP) is 3.18. The number of morpholine rings is 1. The largest absolute Gasteiger partial charge is 0.508 e. The molecule has 35 heavy (non-hydrogen) atoms. The lowest BCUT2D eigenvalue weighted by Gasteiger charge is -2.31. The van der Waals surface area contributed by atoms with Crippen LogP contribution in [0.4, 0.5) is 0 Å². The topological polar surface area (TPSA) is 99.5 Å². The van der Waals surface area contributed by atoms with Crippen molar-refractivity contribution in [2.45, 2.75) is 19.9 Å². The second-order valence-corrected chi connectivity index (χ2v) is 9.27. The fourth-order valence-corrected chi connectivity index (χ4v) is 4.32. The molecule has 8 heteroatoms. The van der Waals surface area contributed by atoms with Crippen LogP contribution in [0.5, 0.6) is 11.5 Å². The first-order valence-electron chi connectivity index (χ1n) is 12.0. The number of aliphatic hydroxyl groups excluding tert-OH is 1. The van der Waals surface area contributed by atoms with Crippen LogP contribution in [0.2, 0.25) is 0 Å². The van der Waals surface area contributed by atoms with Crippen LogP contribution in [0.3, 0.4) is 0 Å². The second kappa shape index (κ2) is 10.9. The molecule has 2 aromatic rings. The highest BCUT2D eigenvalue weighted by Gasteiger charge is 2.46. The number of ketones is 1. The van der Waals surface area contributed by atoms with Gasteiger partial charge in [-0.2, -0.15) is 0 Å². The molecule has 0 radical (unpaired) electrons. The Morgan fingerprint density at radius 3 is 2.31 bits per heavy atom. The third kappa shape index (κ3) is 5.66. The maximum atomic E-state index is 13.2. The number of aromatic hydroxyl groups is 1. The summed E-state index contributed by atoms with van der Waals surface area (Å²) >= 11 is 0. The minimum absolute atomic E-state index is 0.0403. The van der Waals surface area contributed by atoms with E-state index in [4.69, 9.17) is 9.47 Å². The summed E-state index contributed by atoms with van der Waals surface area (Å²) in [6, 6.07) is 12.4. The summed E-state index contributed by atoms with van der Waals surface area (Å²) in [5.74, 6) is -0.475. The Balaban J connectivity index is 1.66. The molecule has 8 nitrogen and oxygen atoms in total. The number of rotatable bonds is 8. The Morgan fingerprint density at radius 1 is 1.03 bits per heavy atom. The summed E-state index contributed by atoms with van der Waals surface area (Å²) in [6.45, 7) is 8.40. The van der Waals surface area contributed by atoms with Gasteiger partial charge in [0.2, 0.25) is 0 Å². The molecule has 0 saturated carbocycles. The number of phenolic OH excluding ortho intramolecular Hbond substituents is 1. The van der Waals surface area contributed by atoms with Crippen molar-refractivity contribution in [2.75, 3.05) is 46.0 Å². The number of carbonyl (C=O) groups is 2. The number of carbonyl (C=O) groups excluding carboxylic acids is 2. The molecule has 186 valence electrons. The highest BCUT2D eigenvalue weighted by Crippen LogP contribution is 2.39. The maximum Gasteiger partial charge on any atom is 0.295 e. The van der Waals surface area contributed by atoms with Gasteiger partial charge in [0.1, 0.15) is 17.3 Å². The molecule has 1 amide bonds. The number of Topliss-reactive ketones (excluding diaryl/α,β-unsaturated/α-hetero) is 1. The van der Waals surface area contributed by atoms with E-state index in [2.05, 4.69) is 18.7 Å². The van der Waals surface area contributed by atoms with E-state index in [-0.39, 0.29) is 17.1 Å². The van der Waals surface area contributed by atoms with Gasteiger partial charge in [-0.1, -0.05) is 26.0 Å². The van der Waals surface area contributed by atoms with Crippen molar-refractivity contribution in [2.24, 2.45) is 5.92 Å². The molecule has 2 aliphatic heterocycles. The summed E-state index contributed by atoms with van der Waals surface area (Å²) in [6.07, 6.45) is 0. The number of ether oxygens (including phenoxy) is 2. The zero-order valence-corrected chi connectivity index (χ0v) is 20.1. The lowest BCUT2D eigenvalue weighted by molar-refractivity contribution is -0.140. The number of benzene rings is 2. The van der Waals surface area contributed by atoms with Crippen LogP contribution in [0.15, 0.2) is 54.1 Å². The Labute approximate surface area is 205 Å². The van der Waals surface area contributed by atoms with E-state index in [0.717, 1.165) is 13.1 Å². The standard InChI is InChI=1S/C27H32N2O6/c1-18(2)17-35-22-9-5-20(6-10-22)25(31)23-24(19-3-7-21(30)8-4-19)29(27(33)26(23)32)12-11-28-13-15-34-16-14-28/h3-10,18,24,30-31H,11-17H2,1-2H3/b25-23-. The molecule has 2 fully saturated rings. The molecule has 2 aromatic carbocycles. The Hall–Kier alpha value is -3.36. The van der Waals surface area contributed by atoms with Gasteiger partial charge in [0.25, 0.3) is 11.7 Å². The SMILES string of the molecule is CC(C)COc1ccc(/C(O)=C2/C(=O)C(=O)N(CCN3CCOCC3)C2c2ccc(O)cc2)cc1. The number of hydrogen-bond donors (Lipinski definition) is 2. The molecule has 2 aliphatic rings. The number of hydrogen-bond acceptors (Lipinski definition) is 7. The fourth-order valence-electron chi connectivity index (χ4n) is 4.32. The van der Waals surface area contributed by atoms with E-state index in [1.165, 1.54) is 17.0 Å². The third-order valence-electron chi connectivity index (χ3n) is 6.22. The van der Waals surface area contributed by atoms with Crippen molar-refractivity contribution in [1.82, 2.24) is 9.80 Å². The van der Waals surface area contributed by atoms with Crippen molar-refractivity contribution in [3.05, 3.63) is 65.2 Å². The maximum absolute atomic E-state index is 13.2. The summed E-state index contributed by atoms with van der Waals surface area (Å²) in [5.41, 5.74) is 1.11. The Kier molecular flexibility index (Phi) is 7.73.